The molecule has 1 aromatic heterocycles. The number of halogens is 3. The van der Waals surface area contributed by atoms with Crippen molar-refractivity contribution in [2.24, 2.45) is 0 Å². The molecule has 3 N–H and O–H groups in total. The minimum atomic E-state index is -4.49. The van der Waals surface area contributed by atoms with Crippen molar-refractivity contribution in [3.8, 4) is 11.3 Å². The molecule has 0 saturated carbocycles. The summed E-state index contributed by atoms with van der Waals surface area (Å²) < 4.78 is 57.7. The number of aromatic nitrogens is 1. The first-order valence-corrected chi connectivity index (χ1v) is 25.4. The van der Waals surface area contributed by atoms with Crippen LogP contribution in [0.1, 0.15) is 144 Å². The maximum atomic E-state index is 14.0. The van der Waals surface area contributed by atoms with Crippen molar-refractivity contribution < 1.29 is 41.8 Å². The Morgan fingerprint density at radius 1 is 0.700 bits per heavy atom. The molecule has 3 aromatic carbocycles. The highest BCUT2D eigenvalue weighted by atomic mass is 32.2. The number of carbonyl (C=O) groups is 3. The maximum absolute atomic E-state index is 14.0. The number of anilines is 2. The van der Waals surface area contributed by atoms with Gasteiger partial charge in [0.15, 0.2) is 0 Å². The van der Waals surface area contributed by atoms with Gasteiger partial charge < -0.3 is 35.1 Å². The molecular formula is C55H74F3N5O6S. The van der Waals surface area contributed by atoms with Gasteiger partial charge in [-0.3, -0.25) is 19.4 Å². The van der Waals surface area contributed by atoms with Gasteiger partial charge in [-0.1, -0.05) is 38.1 Å². The molecule has 3 amide bonds. The predicted molar refractivity (Wildman–Crippen MR) is 275 cm³/mol. The highest BCUT2D eigenvalue weighted by Gasteiger charge is 2.31. The molecule has 11 nitrogen and oxygen atoms in total. The van der Waals surface area contributed by atoms with Gasteiger partial charge in [0.2, 0.25) is 5.91 Å². The normalized spacial score (nSPS) is 13.8. The van der Waals surface area contributed by atoms with Crippen molar-refractivity contribution >= 4 is 40.9 Å². The molecule has 15 heteroatoms. The predicted octanol–water partition coefficient (Wildman–Crippen LogP) is 12.0. The van der Waals surface area contributed by atoms with Crippen LogP contribution in [0.25, 0.3) is 11.3 Å². The standard InChI is InChI=1S/C55H74F3N5O6S/c1-51(2,67-9)25-31-68-53(5,6)24-28-60-48(64)21-23-52(3,4)69-32-26-54(7,8)70-38-40-16-13-17-41(33-40)50(66)62-46-20-19-44(63-29-11-10-12-30-63)36-45(46)47-35-42(22-27-59-47)49(65)61-37-39-15-14-18-43(34-39)55(56,57)58/h13-20,22,27,33-36H,10-12,21,23-26,28-32,37-38H2,1-9H3,(H,60,64)(H,61,65)(H,62,66). The van der Waals surface area contributed by atoms with Crippen LogP contribution >= 0.6 is 11.8 Å². The third kappa shape index (κ3) is 18.3. The van der Waals surface area contributed by atoms with E-state index < -0.39 is 23.2 Å². The number of thioether (sulfide) groups is 1. The smallest absolute Gasteiger partial charge is 0.379 e. The Morgan fingerprint density at radius 2 is 1.37 bits per heavy atom. The molecule has 5 rings (SSSR count). The number of nitrogens with zero attached hydrogens (tertiary/aromatic N) is 2. The van der Waals surface area contributed by atoms with Crippen LogP contribution in [0.4, 0.5) is 24.5 Å². The number of methoxy groups -OCH3 is 1. The number of pyridine rings is 1. The first kappa shape index (κ1) is 56.0. The van der Waals surface area contributed by atoms with Gasteiger partial charge in [-0.25, -0.2) is 0 Å². The number of benzene rings is 3. The van der Waals surface area contributed by atoms with Gasteiger partial charge in [-0.05, 0) is 152 Å². The van der Waals surface area contributed by atoms with Gasteiger partial charge in [-0.2, -0.15) is 24.9 Å². The Hall–Kier alpha value is -4.96. The zero-order valence-electron chi connectivity index (χ0n) is 42.6. The van der Waals surface area contributed by atoms with Gasteiger partial charge >= 0.3 is 6.18 Å². The first-order valence-electron chi connectivity index (χ1n) is 24.4. The first-order chi connectivity index (χ1) is 32.9. The van der Waals surface area contributed by atoms with Gasteiger partial charge in [0.05, 0.1) is 40.4 Å². The number of rotatable bonds is 25. The second-order valence-electron chi connectivity index (χ2n) is 20.6. The average molecular weight is 990 g/mol. The molecule has 0 aliphatic carbocycles. The van der Waals surface area contributed by atoms with E-state index in [1.54, 1.807) is 37.1 Å². The van der Waals surface area contributed by atoms with E-state index in [4.69, 9.17) is 14.2 Å². The van der Waals surface area contributed by atoms with E-state index in [9.17, 15) is 27.6 Å². The second-order valence-corrected chi connectivity index (χ2v) is 22.3. The molecule has 1 aliphatic rings. The van der Waals surface area contributed by atoms with Crippen LogP contribution in [0.15, 0.2) is 85.1 Å². The summed E-state index contributed by atoms with van der Waals surface area (Å²) in [6.07, 6.45) is 3.54. The topological polar surface area (TPSA) is 131 Å². The fraction of sp³-hybridized carbons (Fsp3) is 0.527. The summed E-state index contributed by atoms with van der Waals surface area (Å²) in [5.74, 6) is -0.101. The Kier molecular flexibility index (Phi) is 19.9. The van der Waals surface area contributed by atoms with Gasteiger partial charge in [0.1, 0.15) is 0 Å². The van der Waals surface area contributed by atoms with E-state index in [1.807, 2.05) is 77.9 Å². The summed E-state index contributed by atoms with van der Waals surface area (Å²) in [6.45, 7) is 19.9. The summed E-state index contributed by atoms with van der Waals surface area (Å²) in [5.41, 5.74) is 2.81. The van der Waals surface area contributed by atoms with Crippen molar-refractivity contribution in [1.82, 2.24) is 15.6 Å². The molecule has 0 atom stereocenters. The average Bonchev–Trinajstić information content (AvgIpc) is 3.32. The Bertz CT molecular complexity index is 2370. The lowest BCUT2D eigenvalue weighted by Crippen LogP contribution is -2.35. The largest absolute Gasteiger partial charge is 0.416 e. The number of amides is 3. The number of alkyl halides is 3. The molecule has 0 radical (unpaired) electrons. The van der Waals surface area contributed by atoms with Crippen molar-refractivity contribution in [3.05, 3.63) is 113 Å². The lowest BCUT2D eigenvalue weighted by molar-refractivity contribution is -0.137. The fourth-order valence-electron chi connectivity index (χ4n) is 7.81. The lowest BCUT2D eigenvalue weighted by Gasteiger charge is -2.30. The summed E-state index contributed by atoms with van der Waals surface area (Å²) in [6, 6.07) is 21.4. The Balaban J connectivity index is 1.14. The Labute approximate surface area is 417 Å². The van der Waals surface area contributed by atoms with Crippen LogP contribution in [0.5, 0.6) is 0 Å². The highest BCUT2D eigenvalue weighted by Crippen LogP contribution is 2.35. The van der Waals surface area contributed by atoms with E-state index in [-0.39, 0.29) is 39.9 Å². The third-order valence-corrected chi connectivity index (χ3v) is 14.2. The van der Waals surface area contributed by atoms with Crippen LogP contribution in [0.2, 0.25) is 0 Å². The number of hydrogen-bond donors (Lipinski definition) is 3. The molecule has 382 valence electrons. The number of nitrogens with one attached hydrogen (secondary N) is 3. The quantitative estimate of drug-likeness (QED) is 0.0594. The van der Waals surface area contributed by atoms with Crippen molar-refractivity contribution in [3.63, 3.8) is 0 Å². The van der Waals surface area contributed by atoms with E-state index in [0.717, 1.165) is 68.6 Å². The van der Waals surface area contributed by atoms with E-state index in [0.29, 0.717) is 72.8 Å². The van der Waals surface area contributed by atoms with Crippen LogP contribution in [0.3, 0.4) is 0 Å². The van der Waals surface area contributed by atoms with Crippen molar-refractivity contribution in [1.29, 1.82) is 0 Å². The van der Waals surface area contributed by atoms with Gasteiger partial charge in [0.25, 0.3) is 11.8 Å². The molecule has 4 aromatic rings. The molecular weight excluding hydrogens is 916 g/mol. The molecule has 0 bridgehead atoms. The zero-order chi connectivity index (χ0) is 51.2. The fourth-order valence-corrected chi connectivity index (χ4v) is 8.77. The Morgan fingerprint density at radius 3 is 2.09 bits per heavy atom. The maximum Gasteiger partial charge on any atom is 0.416 e. The molecule has 1 fully saturated rings. The molecule has 2 heterocycles. The van der Waals surface area contributed by atoms with Crippen LogP contribution in [-0.4, -0.2) is 84.2 Å². The van der Waals surface area contributed by atoms with Crippen molar-refractivity contribution in [2.75, 3.05) is 50.2 Å². The third-order valence-electron chi connectivity index (χ3n) is 12.7. The van der Waals surface area contributed by atoms with Gasteiger partial charge in [0, 0.05) is 85.4 Å². The van der Waals surface area contributed by atoms with Crippen LogP contribution in [0, 0.1) is 0 Å². The number of carbonyl (C=O) groups excluding carboxylic acids is 3. The van der Waals surface area contributed by atoms with Crippen molar-refractivity contribution in [2.45, 2.75) is 147 Å². The van der Waals surface area contributed by atoms with Crippen LogP contribution in [-0.2, 0) is 37.5 Å². The minimum absolute atomic E-state index is 0.00561. The molecule has 0 spiro atoms. The second kappa shape index (κ2) is 24.9. The summed E-state index contributed by atoms with van der Waals surface area (Å²) in [5, 5.41) is 8.88. The van der Waals surface area contributed by atoms with E-state index in [1.165, 1.54) is 18.3 Å². The molecule has 1 aliphatic heterocycles. The summed E-state index contributed by atoms with van der Waals surface area (Å²) >= 11 is 1.78. The molecule has 1 saturated heterocycles. The van der Waals surface area contributed by atoms with Crippen LogP contribution < -0.4 is 20.9 Å². The highest BCUT2D eigenvalue weighted by molar-refractivity contribution is 7.99. The number of hydrogen-bond acceptors (Lipinski definition) is 9. The number of piperidine rings is 1. The molecule has 70 heavy (non-hydrogen) atoms. The minimum Gasteiger partial charge on any atom is -0.379 e. The van der Waals surface area contributed by atoms with Gasteiger partial charge in [-0.15, -0.1) is 0 Å². The zero-order valence-corrected chi connectivity index (χ0v) is 43.4. The summed E-state index contributed by atoms with van der Waals surface area (Å²) in [4.78, 5) is 47.0. The monoisotopic (exact) mass is 990 g/mol. The SMILES string of the molecule is COC(C)(C)CCOC(C)(C)CCNC(=O)CCC(C)(C)OCCC(C)(C)SCc1cccc(C(=O)Nc2ccc(N3CCCCC3)cc2-c2cc(C(=O)NCc3cccc(C(F)(F)F)c3)ccn2)c1. The van der Waals surface area contributed by atoms with E-state index in [2.05, 4.69) is 39.7 Å². The summed E-state index contributed by atoms with van der Waals surface area (Å²) in [7, 11) is 1.70. The molecule has 0 unspecified atom stereocenters. The number of ether oxygens (including phenoxy) is 3. The lowest BCUT2D eigenvalue weighted by atomic mass is 10.0. The van der Waals surface area contributed by atoms with E-state index >= 15 is 0 Å².